The third-order valence-corrected chi connectivity index (χ3v) is 5.04. The third kappa shape index (κ3) is 5.50. The zero-order valence-corrected chi connectivity index (χ0v) is 13.5. The zero-order chi connectivity index (χ0) is 15.1. The number of piperidine rings is 1. The molecule has 1 aromatic carbocycles. The summed E-state index contributed by atoms with van der Waals surface area (Å²) in [5.41, 5.74) is 7.14. The molecule has 1 fully saturated rings. The average molecular weight is 307 g/mol. The fraction of sp³-hybridized carbons (Fsp3) is 0.562. The standard InChI is InChI=1S/C16H25N3OS/c1-14-6-5-10-19(12-14)16(17)18-9-11-21(20)13-15-7-3-2-4-8-15/h2-4,7-8,14H,5-6,9-13H2,1H3,(H2,17,18). The van der Waals surface area contributed by atoms with Gasteiger partial charge in [0.25, 0.3) is 0 Å². The highest BCUT2D eigenvalue weighted by atomic mass is 32.2. The van der Waals surface area contributed by atoms with Gasteiger partial charge in [-0.1, -0.05) is 37.3 Å². The Bertz CT molecular complexity index is 490. The average Bonchev–Trinajstić information content (AvgIpc) is 2.48. The van der Waals surface area contributed by atoms with Gasteiger partial charge in [-0.3, -0.25) is 9.20 Å². The van der Waals surface area contributed by atoms with Gasteiger partial charge in [-0.25, -0.2) is 0 Å². The molecule has 1 aliphatic heterocycles. The predicted octanol–water partition coefficient (Wildman–Crippen LogP) is 1.98. The van der Waals surface area contributed by atoms with Crippen molar-refractivity contribution < 1.29 is 4.21 Å². The zero-order valence-electron chi connectivity index (χ0n) is 12.7. The first-order valence-corrected chi connectivity index (χ1v) is 9.07. The van der Waals surface area contributed by atoms with Crippen LogP contribution in [0, 0.1) is 5.92 Å². The molecule has 1 heterocycles. The van der Waals surface area contributed by atoms with E-state index in [2.05, 4.69) is 16.8 Å². The Kier molecular flexibility index (Phi) is 6.23. The Morgan fingerprint density at radius 2 is 2.19 bits per heavy atom. The van der Waals surface area contributed by atoms with Crippen LogP contribution < -0.4 is 5.73 Å². The lowest BCUT2D eigenvalue weighted by Gasteiger charge is -2.31. The van der Waals surface area contributed by atoms with E-state index in [0.29, 0.717) is 29.9 Å². The van der Waals surface area contributed by atoms with E-state index in [9.17, 15) is 4.21 Å². The van der Waals surface area contributed by atoms with Crippen molar-refractivity contribution in [3.05, 3.63) is 35.9 Å². The lowest BCUT2D eigenvalue weighted by Crippen LogP contribution is -2.43. The first-order valence-electron chi connectivity index (χ1n) is 7.59. The van der Waals surface area contributed by atoms with Crippen LogP contribution in [0.25, 0.3) is 0 Å². The lowest BCUT2D eigenvalue weighted by atomic mass is 10.0. The van der Waals surface area contributed by atoms with Crippen LogP contribution in [-0.4, -0.2) is 40.5 Å². The number of guanidine groups is 1. The minimum Gasteiger partial charge on any atom is -0.370 e. The Labute approximate surface area is 129 Å². The smallest absolute Gasteiger partial charge is 0.191 e. The summed E-state index contributed by atoms with van der Waals surface area (Å²) < 4.78 is 12.0. The molecule has 0 saturated carbocycles. The summed E-state index contributed by atoms with van der Waals surface area (Å²) in [5, 5.41) is 0. The predicted molar refractivity (Wildman–Crippen MR) is 89.6 cm³/mol. The van der Waals surface area contributed by atoms with E-state index in [0.717, 1.165) is 18.7 Å². The van der Waals surface area contributed by atoms with E-state index in [1.165, 1.54) is 12.8 Å². The van der Waals surface area contributed by atoms with Crippen LogP contribution in [0.2, 0.25) is 0 Å². The van der Waals surface area contributed by atoms with Crippen molar-refractivity contribution in [3.8, 4) is 0 Å². The second kappa shape index (κ2) is 8.17. The van der Waals surface area contributed by atoms with Gasteiger partial charge in [0.2, 0.25) is 0 Å². The van der Waals surface area contributed by atoms with E-state index in [4.69, 9.17) is 5.73 Å². The number of hydrogen-bond acceptors (Lipinski definition) is 2. The van der Waals surface area contributed by atoms with Crippen LogP contribution >= 0.6 is 0 Å². The number of likely N-dealkylation sites (tertiary alicyclic amines) is 1. The van der Waals surface area contributed by atoms with Crippen LogP contribution in [0.3, 0.4) is 0 Å². The van der Waals surface area contributed by atoms with Gasteiger partial charge in [0, 0.05) is 35.4 Å². The molecular formula is C16H25N3OS. The van der Waals surface area contributed by atoms with Crippen LogP contribution in [-0.2, 0) is 16.6 Å². The summed E-state index contributed by atoms with van der Waals surface area (Å²) in [6, 6.07) is 9.92. The summed E-state index contributed by atoms with van der Waals surface area (Å²) in [7, 11) is -0.881. The normalized spacial score (nSPS) is 21.3. The summed E-state index contributed by atoms with van der Waals surface area (Å²) in [6.45, 7) is 4.76. The monoisotopic (exact) mass is 307 g/mol. The molecular weight excluding hydrogens is 282 g/mol. The summed E-state index contributed by atoms with van der Waals surface area (Å²) in [5.74, 6) is 2.45. The molecule has 2 rings (SSSR count). The largest absolute Gasteiger partial charge is 0.370 e. The molecule has 0 aromatic heterocycles. The first kappa shape index (κ1) is 16.0. The number of benzene rings is 1. The van der Waals surface area contributed by atoms with Gasteiger partial charge in [0.05, 0.1) is 6.54 Å². The van der Waals surface area contributed by atoms with Crippen molar-refractivity contribution >= 4 is 16.8 Å². The van der Waals surface area contributed by atoms with E-state index in [1.54, 1.807) is 0 Å². The molecule has 0 amide bonds. The molecule has 21 heavy (non-hydrogen) atoms. The Hall–Kier alpha value is -1.36. The SMILES string of the molecule is CC1CCCN(C(N)=NCCS(=O)Cc2ccccc2)C1. The van der Waals surface area contributed by atoms with Crippen molar-refractivity contribution in [1.82, 2.24) is 4.90 Å². The van der Waals surface area contributed by atoms with Crippen molar-refractivity contribution in [2.45, 2.75) is 25.5 Å². The van der Waals surface area contributed by atoms with E-state index in [1.807, 2.05) is 30.3 Å². The molecule has 1 aromatic rings. The fourth-order valence-electron chi connectivity index (χ4n) is 2.59. The van der Waals surface area contributed by atoms with Crippen molar-refractivity contribution in [3.63, 3.8) is 0 Å². The fourth-order valence-corrected chi connectivity index (χ4v) is 3.60. The number of hydrogen-bond donors (Lipinski definition) is 1. The molecule has 5 heteroatoms. The summed E-state index contributed by atoms with van der Waals surface area (Å²) >= 11 is 0. The molecule has 2 N–H and O–H groups in total. The van der Waals surface area contributed by atoms with Crippen LogP contribution in [0.15, 0.2) is 35.3 Å². The van der Waals surface area contributed by atoms with Gasteiger partial charge in [-0.05, 0) is 24.3 Å². The molecule has 2 unspecified atom stereocenters. The van der Waals surface area contributed by atoms with Gasteiger partial charge in [0.15, 0.2) is 5.96 Å². The second-order valence-electron chi connectivity index (χ2n) is 5.71. The highest BCUT2D eigenvalue weighted by Crippen LogP contribution is 2.14. The topological polar surface area (TPSA) is 58.7 Å². The molecule has 0 bridgehead atoms. The summed E-state index contributed by atoms with van der Waals surface area (Å²) in [4.78, 5) is 6.54. The maximum Gasteiger partial charge on any atom is 0.191 e. The molecule has 1 saturated heterocycles. The minimum absolute atomic E-state index is 0.538. The lowest BCUT2D eigenvalue weighted by molar-refractivity contribution is 0.270. The van der Waals surface area contributed by atoms with E-state index < -0.39 is 10.8 Å². The molecule has 2 atom stereocenters. The molecule has 4 nitrogen and oxygen atoms in total. The number of aliphatic imine (C=N–C) groups is 1. The Morgan fingerprint density at radius 1 is 1.43 bits per heavy atom. The van der Waals surface area contributed by atoms with Crippen LogP contribution in [0.5, 0.6) is 0 Å². The molecule has 0 spiro atoms. The summed E-state index contributed by atoms with van der Waals surface area (Å²) in [6.07, 6.45) is 2.45. The highest BCUT2D eigenvalue weighted by molar-refractivity contribution is 7.84. The molecule has 0 aliphatic carbocycles. The number of nitrogens with two attached hydrogens (primary N) is 1. The maximum absolute atomic E-state index is 12.0. The van der Waals surface area contributed by atoms with Crippen molar-refractivity contribution in [2.24, 2.45) is 16.6 Å². The number of nitrogens with zero attached hydrogens (tertiary/aromatic N) is 2. The Morgan fingerprint density at radius 3 is 2.90 bits per heavy atom. The molecule has 1 aliphatic rings. The van der Waals surface area contributed by atoms with Crippen molar-refractivity contribution in [2.75, 3.05) is 25.4 Å². The van der Waals surface area contributed by atoms with E-state index in [-0.39, 0.29) is 0 Å². The second-order valence-corrected chi connectivity index (χ2v) is 7.28. The van der Waals surface area contributed by atoms with Gasteiger partial charge >= 0.3 is 0 Å². The van der Waals surface area contributed by atoms with Gasteiger partial charge in [-0.2, -0.15) is 0 Å². The van der Waals surface area contributed by atoms with E-state index >= 15 is 0 Å². The molecule has 116 valence electrons. The molecule has 0 radical (unpaired) electrons. The minimum atomic E-state index is -0.881. The Balaban J connectivity index is 1.74. The first-order chi connectivity index (χ1) is 10.1. The number of rotatable bonds is 5. The third-order valence-electron chi connectivity index (χ3n) is 3.74. The maximum atomic E-state index is 12.0. The van der Waals surface area contributed by atoms with Gasteiger partial charge in [0.1, 0.15) is 0 Å². The highest BCUT2D eigenvalue weighted by Gasteiger charge is 2.17. The van der Waals surface area contributed by atoms with Crippen LogP contribution in [0.1, 0.15) is 25.3 Å². The van der Waals surface area contributed by atoms with Crippen molar-refractivity contribution in [1.29, 1.82) is 0 Å². The van der Waals surface area contributed by atoms with Crippen LogP contribution in [0.4, 0.5) is 0 Å². The van der Waals surface area contributed by atoms with Gasteiger partial charge < -0.3 is 10.6 Å². The quantitative estimate of drug-likeness (QED) is 0.668. The van der Waals surface area contributed by atoms with Gasteiger partial charge in [-0.15, -0.1) is 0 Å².